The monoisotopic (exact) mass is 368 g/mol. The Labute approximate surface area is 158 Å². The van der Waals surface area contributed by atoms with Crippen LogP contribution in [0.4, 0.5) is 0 Å². The molecule has 142 valence electrons. The van der Waals surface area contributed by atoms with E-state index in [2.05, 4.69) is 5.32 Å². The minimum Gasteiger partial charge on any atom is -0.389 e. The van der Waals surface area contributed by atoms with Crippen LogP contribution in [0.3, 0.4) is 0 Å². The minimum absolute atomic E-state index is 0.0647. The van der Waals surface area contributed by atoms with Gasteiger partial charge in [0.2, 0.25) is 5.91 Å². The molecule has 0 aromatic heterocycles. The lowest BCUT2D eigenvalue weighted by Crippen LogP contribution is -2.55. The van der Waals surface area contributed by atoms with Crippen LogP contribution in [0.15, 0.2) is 60.7 Å². The number of aliphatic hydroxyl groups is 1. The average Bonchev–Trinajstić information content (AvgIpc) is 2.70. The van der Waals surface area contributed by atoms with Crippen LogP contribution in [0.1, 0.15) is 22.3 Å². The highest BCUT2D eigenvalue weighted by molar-refractivity contribution is 5.94. The van der Waals surface area contributed by atoms with Gasteiger partial charge < -0.3 is 20.1 Å². The van der Waals surface area contributed by atoms with Gasteiger partial charge in [-0.15, -0.1) is 0 Å². The Hall–Kier alpha value is -2.70. The van der Waals surface area contributed by atoms with Gasteiger partial charge in [0.15, 0.2) is 0 Å². The SMILES string of the molecule is O=C(COCc1ccccc1)N[C@@H]1CCN(C(=O)c2ccccc2)C[C@H]1O. The first-order valence-electron chi connectivity index (χ1n) is 9.07. The molecule has 0 aliphatic carbocycles. The molecule has 0 unspecified atom stereocenters. The summed E-state index contributed by atoms with van der Waals surface area (Å²) in [5, 5.41) is 13.1. The van der Waals surface area contributed by atoms with E-state index in [1.807, 2.05) is 48.5 Å². The first-order chi connectivity index (χ1) is 13.1. The largest absolute Gasteiger partial charge is 0.389 e. The number of nitrogens with one attached hydrogen (secondary N) is 1. The maximum absolute atomic E-state index is 12.5. The zero-order chi connectivity index (χ0) is 19.1. The van der Waals surface area contributed by atoms with Crippen molar-refractivity contribution in [3.63, 3.8) is 0 Å². The Bertz CT molecular complexity index is 751. The first-order valence-corrected chi connectivity index (χ1v) is 9.07. The third kappa shape index (κ3) is 5.39. The number of rotatable bonds is 6. The van der Waals surface area contributed by atoms with Crippen LogP contribution in [-0.4, -0.2) is 53.7 Å². The van der Waals surface area contributed by atoms with E-state index in [0.29, 0.717) is 25.1 Å². The molecule has 6 heteroatoms. The zero-order valence-corrected chi connectivity index (χ0v) is 15.1. The minimum atomic E-state index is -0.801. The Kier molecular flexibility index (Phi) is 6.57. The molecular weight excluding hydrogens is 344 g/mol. The molecule has 6 nitrogen and oxygen atoms in total. The zero-order valence-electron chi connectivity index (χ0n) is 15.1. The highest BCUT2D eigenvalue weighted by Gasteiger charge is 2.31. The third-order valence-electron chi connectivity index (χ3n) is 4.58. The molecule has 1 aliphatic heterocycles. The fourth-order valence-corrected chi connectivity index (χ4v) is 3.13. The second kappa shape index (κ2) is 9.30. The summed E-state index contributed by atoms with van der Waals surface area (Å²) in [4.78, 5) is 26.1. The lowest BCUT2D eigenvalue weighted by Gasteiger charge is -2.36. The standard InChI is InChI=1S/C21H24N2O4/c24-19-13-23(21(26)17-9-5-2-6-10-17)12-11-18(19)22-20(25)15-27-14-16-7-3-1-4-8-16/h1-10,18-19,24H,11-15H2,(H,22,25)/t18-,19-/m1/s1. The van der Waals surface area contributed by atoms with Crippen molar-refractivity contribution in [1.29, 1.82) is 0 Å². The fourth-order valence-electron chi connectivity index (χ4n) is 3.13. The number of β-amino-alcohol motifs (C(OH)–C–C–N with tert-alkyl or cyclic N) is 1. The molecular formula is C21H24N2O4. The van der Waals surface area contributed by atoms with Crippen molar-refractivity contribution >= 4 is 11.8 Å². The number of ether oxygens (including phenoxy) is 1. The molecule has 0 radical (unpaired) electrons. The summed E-state index contributed by atoms with van der Waals surface area (Å²) in [6.45, 7) is 0.982. The molecule has 1 saturated heterocycles. The van der Waals surface area contributed by atoms with Crippen molar-refractivity contribution in [2.24, 2.45) is 0 Å². The molecule has 2 atom stereocenters. The van der Waals surface area contributed by atoms with Crippen LogP contribution in [0.5, 0.6) is 0 Å². The van der Waals surface area contributed by atoms with Crippen molar-refractivity contribution in [3.8, 4) is 0 Å². The number of likely N-dealkylation sites (tertiary alicyclic amines) is 1. The molecule has 2 aromatic rings. The molecule has 27 heavy (non-hydrogen) atoms. The van der Waals surface area contributed by atoms with Gasteiger partial charge in [0, 0.05) is 18.7 Å². The summed E-state index contributed by atoms with van der Waals surface area (Å²) in [6.07, 6.45) is -0.297. The molecule has 1 aliphatic rings. The Morgan fingerprint density at radius 3 is 2.41 bits per heavy atom. The smallest absolute Gasteiger partial charge is 0.253 e. The number of amides is 2. The molecule has 0 spiro atoms. The van der Waals surface area contributed by atoms with Crippen LogP contribution in [0.2, 0.25) is 0 Å². The van der Waals surface area contributed by atoms with Gasteiger partial charge in [0.25, 0.3) is 5.91 Å². The van der Waals surface area contributed by atoms with Crippen LogP contribution >= 0.6 is 0 Å². The topological polar surface area (TPSA) is 78.9 Å². The Balaban J connectivity index is 1.43. The second-order valence-corrected chi connectivity index (χ2v) is 6.63. The lowest BCUT2D eigenvalue weighted by molar-refractivity contribution is -0.128. The van der Waals surface area contributed by atoms with Crippen LogP contribution in [-0.2, 0) is 16.1 Å². The molecule has 1 fully saturated rings. The van der Waals surface area contributed by atoms with Crippen molar-refractivity contribution in [1.82, 2.24) is 10.2 Å². The van der Waals surface area contributed by atoms with Gasteiger partial charge in [-0.05, 0) is 24.1 Å². The highest BCUT2D eigenvalue weighted by Crippen LogP contribution is 2.15. The van der Waals surface area contributed by atoms with E-state index in [1.165, 1.54) is 0 Å². The van der Waals surface area contributed by atoms with Gasteiger partial charge in [0.1, 0.15) is 6.61 Å². The van der Waals surface area contributed by atoms with Crippen LogP contribution < -0.4 is 5.32 Å². The number of benzene rings is 2. The van der Waals surface area contributed by atoms with Gasteiger partial charge in [-0.3, -0.25) is 9.59 Å². The van der Waals surface area contributed by atoms with Gasteiger partial charge in [-0.25, -0.2) is 0 Å². The Morgan fingerprint density at radius 2 is 1.74 bits per heavy atom. The number of aliphatic hydroxyl groups excluding tert-OH is 1. The molecule has 1 heterocycles. The van der Waals surface area contributed by atoms with E-state index in [0.717, 1.165) is 5.56 Å². The predicted molar refractivity (Wildman–Crippen MR) is 101 cm³/mol. The van der Waals surface area contributed by atoms with Crippen LogP contribution in [0, 0.1) is 0 Å². The van der Waals surface area contributed by atoms with Gasteiger partial charge in [0.05, 0.1) is 18.8 Å². The number of nitrogens with zero attached hydrogens (tertiary/aromatic N) is 1. The van der Waals surface area contributed by atoms with E-state index in [4.69, 9.17) is 4.74 Å². The maximum Gasteiger partial charge on any atom is 0.253 e. The number of carbonyl (C=O) groups excluding carboxylic acids is 2. The first kappa shape index (κ1) is 19.1. The number of carbonyl (C=O) groups is 2. The number of piperidine rings is 1. The highest BCUT2D eigenvalue weighted by atomic mass is 16.5. The van der Waals surface area contributed by atoms with E-state index < -0.39 is 6.10 Å². The van der Waals surface area contributed by atoms with Crippen LogP contribution in [0.25, 0.3) is 0 Å². The number of hydrogen-bond acceptors (Lipinski definition) is 4. The second-order valence-electron chi connectivity index (χ2n) is 6.63. The van der Waals surface area contributed by atoms with Gasteiger partial charge in [-0.1, -0.05) is 48.5 Å². The van der Waals surface area contributed by atoms with E-state index in [1.54, 1.807) is 17.0 Å². The summed E-state index contributed by atoms with van der Waals surface area (Å²) in [5.41, 5.74) is 1.60. The normalized spacial score (nSPS) is 19.5. The number of hydrogen-bond donors (Lipinski definition) is 2. The molecule has 0 bridgehead atoms. The summed E-state index contributed by atoms with van der Waals surface area (Å²) < 4.78 is 5.42. The molecule has 2 aromatic carbocycles. The molecule has 0 saturated carbocycles. The summed E-state index contributed by atoms with van der Waals surface area (Å²) >= 11 is 0. The summed E-state index contributed by atoms with van der Waals surface area (Å²) in [5.74, 6) is -0.372. The predicted octanol–water partition coefficient (Wildman–Crippen LogP) is 1.60. The molecule has 2 amide bonds. The average molecular weight is 368 g/mol. The summed E-state index contributed by atoms with van der Waals surface area (Å²) in [6, 6.07) is 18.2. The van der Waals surface area contributed by atoms with E-state index >= 15 is 0 Å². The van der Waals surface area contributed by atoms with Crippen molar-refractivity contribution < 1.29 is 19.4 Å². The third-order valence-corrected chi connectivity index (χ3v) is 4.58. The lowest BCUT2D eigenvalue weighted by atomic mass is 10.0. The van der Waals surface area contributed by atoms with E-state index in [-0.39, 0.29) is 31.0 Å². The summed E-state index contributed by atoms with van der Waals surface area (Å²) in [7, 11) is 0. The molecule has 2 N–H and O–H groups in total. The Morgan fingerprint density at radius 1 is 1.07 bits per heavy atom. The maximum atomic E-state index is 12.5. The quantitative estimate of drug-likeness (QED) is 0.812. The molecule has 3 rings (SSSR count). The van der Waals surface area contributed by atoms with Crippen molar-refractivity contribution in [2.45, 2.75) is 25.2 Å². The van der Waals surface area contributed by atoms with Crippen molar-refractivity contribution in [2.75, 3.05) is 19.7 Å². The van der Waals surface area contributed by atoms with Gasteiger partial charge in [-0.2, -0.15) is 0 Å². The van der Waals surface area contributed by atoms with E-state index in [9.17, 15) is 14.7 Å². The van der Waals surface area contributed by atoms with Gasteiger partial charge >= 0.3 is 0 Å². The van der Waals surface area contributed by atoms with Crippen molar-refractivity contribution in [3.05, 3.63) is 71.8 Å². The fraction of sp³-hybridized carbons (Fsp3) is 0.333.